The van der Waals surface area contributed by atoms with Crippen LogP contribution in [0.3, 0.4) is 0 Å². The Kier molecular flexibility index (Phi) is 5.86. The number of ether oxygens (including phenoxy) is 1. The van der Waals surface area contributed by atoms with E-state index in [1.54, 1.807) is 0 Å². The van der Waals surface area contributed by atoms with Crippen LogP contribution in [-0.2, 0) is 24.3 Å². The predicted octanol–water partition coefficient (Wildman–Crippen LogP) is 1.00. The first-order valence-corrected chi connectivity index (χ1v) is 7.92. The number of hydrogen-bond acceptors (Lipinski definition) is 5. The van der Waals surface area contributed by atoms with Crippen LogP contribution in [0.5, 0.6) is 0 Å². The lowest BCUT2D eigenvalue weighted by Gasteiger charge is -2.13. The zero-order valence-electron chi connectivity index (χ0n) is 11.8. The van der Waals surface area contributed by atoms with Crippen molar-refractivity contribution < 1.29 is 22.7 Å². The van der Waals surface area contributed by atoms with Crippen molar-refractivity contribution in [2.24, 2.45) is 5.14 Å². The summed E-state index contributed by atoms with van der Waals surface area (Å²) in [6.07, 6.45) is -0.0370. The number of hydrogen-bond donors (Lipinski definition) is 2. The van der Waals surface area contributed by atoms with Gasteiger partial charge >= 0.3 is 5.97 Å². The summed E-state index contributed by atoms with van der Waals surface area (Å²) in [5.41, 5.74) is 0.380. The van der Waals surface area contributed by atoms with Crippen molar-refractivity contribution in [3.63, 3.8) is 0 Å². The van der Waals surface area contributed by atoms with Crippen molar-refractivity contribution in [3.8, 4) is 0 Å². The van der Waals surface area contributed by atoms with Gasteiger partial charge < -0.3 is 10.1 Å². The second-order valence-corrected chi connectivity index (χ2v) is 6.00. The molecular weight excluding hydrogens is 296 g/mol. The van der Waals surface area contributed by atoms with Crippen LogP contribution in [0.25, 0.3) is 0 Å². The second-order valence-electron chi connectivity index (χ2n) is 4.44. The van der Waals surface area contributed by atoms with E-state index < -0.39 is 28.0 Å². The Balaban J connectivity index is 2.64. The Bertz CT molecular complexity index is 610. The van der Waals surface area contributed by atoms with E-state index in [0.29, 0.717) is 12.1 Å². The van der Waals surface area contributed by atoms with E-state index in [4.69, 9.17) is 9.88 Å². The normalized spacial score (nSPS) is 12.5. The molecule has 1 rings (SSSR count). The van der Waals surface area contributed by atoms with Gasteiger partial charge in [-0.15, -0.1) is 0 Å². The van der Waals surface area contributed by atoms with Crippen molar-refractivity contribution in [1.82, 2.24) is 0 Å². The summed E-state index contributed by atoms with van der Waals surface area (Å²) in [5, 5.41) is 7.48. The average molecular weight is 314 g/mol. The van der Waals surface area contributed by atoms with Gasteiger partial charge in [0, 0.05) is 12.1 Å². The van der Waals surface area contributed by atoms with E-state index in [-0.39, 0.29) is 11.3 Å². The number of amides is 1. The van der Waals surface area contributed by atoms with E-state index in [2.05, 4.69) is 5.32 Å². The molecule has 21 heavy (non-hydrogen) atoms. The molecule has 0 aliphatic rings. The number of nitrogens with one attached hydrogen (secondary N) is 1. The molecule has 0 aliphatic heterocycles. The van der Waals surface area contributed by atoms with Crippen LogP contribution >= 0.6 is 0 Å². The van der Waals surface area contributed by atoms with Crippen LogP contribution in [0, 0.1) is 0 Å². The number of rotatable bonds is 6. The number of anilines is 1. The number of carbonyl (C=O) groups is 2. The Hall–Kier alpha value is -1.93. The molecule has 0 saturated heterocycles. The van der Waals surface area contributed by atoms with Gasteiger partial charge in [0.1, 0.15) is 0 Å². The van der Waals surface area contributed by atoms with E-state index in [1.807, 2.05) is 6.92 Å². The van der Waals surface area contributed by atoms with Crippen molar-refractivity contribution in [1.29, 1.82) is 0 Å². The van der Waals surface area contributed by atoms with Crippen LogP contribution in [-0.4, -0.2) is 26.4 Å². The van der Waals surface area contributed by atoms with Gasteiger partial charge in [-0.2, -0.15) is 0 Å². The summed E-state index contributed by atoms with van der Waals surface area (Å²) in [6.45, 7) is 3.29. The molecule has 0 spiro atoms. The van der Waals surface area contributed by atoms with Crippen LogP contribution in [0.15, 0.2) is 29.2 Å². The first-order valence-electron chi connectivity index (χ1n) is 6.37. The maximum absolute atomic E-state index is 11.8. The lowest BCUT2D eigenvalue weighted by Crippen LogP contribution is -2.29. The van der Waals surface area contributed by atoms with Gasteiger partial charge in [0.25, 0.3) is 5.91 Å². The van der Waals surface area contributed by atoms with Gasteiger partial charge in [-0.05, 0) is 37.6 Å². The SMILES string of the molecule is CCCC(=O)OC(C)C(=O)Nc1ccc(S(N)(=O)=O)cc1. The average Bonchev–Trinajstić information content (AvgIpc) is 2.38. The molecule has 0 aromatic heterocycles. The molecule has 1 unspecified atom stereocenters. The fourth-order valence-corrected chi connectivity index (χ4v) is 2.00. The molecule has 8 heteroatoms. The largest absolute Gasteiger partial charge is 0.453 e. The molecule has 7 nitrogen and oxygen atoms in total. The van der Waals surface area contributed by atoms with Gasteiger partial charge in [0.2, 0.25) is 10.0 Å². The zero-order valence-corrected chi connectivity index (χ0v) is 12.6. The number of carbonyl (C=O) groups excluding carboxylic acids is 2. The molecule has 1 atom stereocenters. The third-order valence-electron chi connectivity index (χ3n) is 2.58. The number of nitrogens with two attached hydrogens (primary N) is 1. The molecule has 1 aromatic carbocycles. The van der Waals surface area contributed by atoms with Crippen LogP contribution in [0.2, 0.25) is 0 Å². The topological polar surface area (TPSA) is 116 Å². The zero-order chi connectivity index (χ0) is 16.0. The molecule has 3 N–H and O–H groups in total. The van der Waals surface area contributed by atoms with Crippen molar-refractivity contribution >= 4 is 27.6 Å². The lowest BCUT2D eigenvalue weighted by atomic mass is 10.3. The van der Waals surface area contributed by atoms with E-state index in [9.17, 15) is 18.0 Å². The maximum atomic E-state index is 11.8. The fraction of sp³-hybridized carbons (Fsp3) is 0.385. The first-order chi connectivity index (χ1) is 9.74. The van der Waals surface area contributed by atoms with E-state index in [0.717, 1.165) is 0 Å². The molecule has 0 heterocycles. The van der Waals surface area contributed by atoms with E-state index >= 15 is 0 Å². The van der Waals surface area contributed by atoms with Gasteiger partial charge in [-0.1, -0.05) is 6.92 Å². The highest BCUT2D eigenvalue weighted by Gasteiger charge is 2.17. The molecule has 1 aromatic rings. The minimum absolute atomic E-state index is 0.0529. The summed E-state index contributed by atoms with van der Waals surface area (Å²) in [5.74, 6) is -0.937. The monoisotopic (exact) mass is 314 g/mol. The lowest BCUT2D eigenvalue weighted by molar-refractivity contribution is -0.153. The Morgan fingerprint density at radius 2 is 1.86 bits per heavy atom. The molecule has 1 amide bonds. The number of primary sulfonamides is 1. The van der Waals surface area contributed by atoms with Gasteiger partial charge in [-0.3, -0.25) is 9.59 Å². The van der Waals surface area contributed by atoms with Crippen molar-refractivity contribution in [3.05, 3.63) is 24.3 Å². The molecule has 0 fully saturated rings. The number of sulfonamides is 1. The molecule has 0 radical (unpaired) electrons. The highest BCUT2D eigenvalue weighted by atomic mass is 32.2. The molecular formula is C13H18N2O5S. The van der Waals surface area contributed by atoms with Gasteiger partial charge in [-0.25, -0.2) is 13.6 Å². The van der Waals surface area contributed by atoms with Crippen LogP contribution in [0.1, 0.15) is 26.7 Å². The van der Waals surface area contributed by atoms with Crippen LogP contribution < -0.4 is 10.5 Å². The van der Waals surface area contributed by atoms with E-state index in [1.165, 1.54) is 31.2 Å². The third kappa shape index (κ3) is 5.52. The number of esters is 1. The Morgan fingerprint density at radius 1 is 1.29 bits per heavy atom. The quantitative estimate of drug-likeness (QED) is 0.760. The van der Waals surface area contributed by atoms with Crippen LogP contribution in [0.4, 0.5) is 5.69 Å². The highest BCUT2D eigenvalue weighted by molar-refractivity contribution is 7.89. The highest BCUT2D eigenvalue weighted by Crippen LogP contribution is 2.13. The summed E-state index contributed by atoms with van der Waals surface area (Å²) >= 11 is 0. The maximum Gasteiger partial charge on any atom is 0.306 e. The number of benzene rings is 1. The summed E-state index contributed by atoms with van der Waals surface area (Å²) < 4.78 is 27.1. The standard InChI is InChI=1S/C13H18N2O5S/c1-3-4-12(16)20-9(2)13(17)15-10-5-7-11(8-6-10)21(14,18)19/h5-9H,3-4H2,1-2H3,(H,15,17)(H2,14,18,19). The minimum Gasteiger partial charge on any atom is -0.453 e. The molecule has 0 bridgehead atoms. The molecule has 0 aliphatic carbocycles. The Morgan fingerprint density at radius 3 is 2.33 bits per heavy atom. The molecule has 116 valence electrons. The van der Waals surface area contributed by atoms with Gasteiger partial charge in [0.15, 0.2) is 6.10 Å². The van der Waals surface area contributed by atoms with Crippen molar-refractivity contribution in [2.45, 2.75) is 37.7 Å². The minimum atomic E-state index is -3.77. The summed E-state index contributed by atoms with van der Waals surface area (Å²) in [7, 11) is -3.77. The molecule has 0 saturated carbocycles. The smallest absolute Gasteiger partial charge is 0.306 e. The second kappa shape index (κ2) is 7.19. The summed E-state index contributed by atoms with van der Waals surface area (Å²) in [6, 6.07) is 5.36. The third-order valence-corrected chi connectivity index (χ3v) is 3.51. The predicted molar refractivity (Wildman–Crippen MR) is 76.9 cm³/mol. The summed E-state index contributed by atoms with van der Waals surface area (Å²) in [4.78, 5) is 23.0. The van der Waals surface area contributed by atoms with Crippen molar-refractivity contribution in [2.75, 3.05) is 5.32 Å². The first kappa shape index (κ1) is 17.1. The fourth-order valence-electron chi connectivity index (χ4n) is 1.49. The Labute approximate surface area is 123 Å². The van der Waals surface area contributed by atoms with Gasteiger partial charge in [0.05, 0.1) is 4.90 Å².